The normalized spacial score (nSPS) is 0. The van der Waals surface area contributed by atoms with Gasteiger partial charge in [0.25, 0.3) is 0 Å². The van der Waals surface area contributed by atoms with Crippen molar-refractivity contribution in [2.24, 2.45) is 0 Å². The predicted molar refractivity (Wildman–Crippen MR) is 0 cm³/mol. The van der Waals surface area contributed by atoms with Crippen LogP contribution in [0.25, 0.3) is 0 Å². The maximum Gasteiger partial charge on any atom is 0 e. The Hall–Kier alpha value is 2.49. The van der Waals surface area contributed by atoms with Crippen LogP contribution in [0.5, 0.6) is 0 Å². The van der Waals surface area contributed by atoms with Gasteiger partial charge in [0.1, 0.15) is 0 Å². The van der Waals surface area contributed by atoms with Crippen molar-refractivity contribution in [2.75, 3.05) is 0 Å². The molecule has 4 heteroatoms. The first-order valence-electron chi connectivity index (χ1n) is 0. The van der Waals surface area contributed by atoms with Gasteiger partial charge in [-0.3, -0.25) is 0 Å². The smallest absolute Gasteiger partial charge is 0 e. The molecule has 0 aromatic carbocycles. The number of hydrogen-bond donors (Lipinski definition) is 0. The molecule has 0 fully saturated rings. The van der Waals surface area contributed by atoms with Crippen molar-refractivity contribution < 1.29 is 77.9 Å². The molecule has 0 aliphatic heterocycles. The van der Waals surface area contributed by atoms with Gasteiger partial charge < -0.3 is 0 Å². The molecule has 0 unspecified atom stereocenters. The molecule has 0 rings (SSSR count). The van der Waals surface area contributed by atoms with Gasteiger partial charge >= 0.3 is 0 Å². The second-order valence-electron chi connectivity index (χ2n) is 0. The van der Waals surface area contributed by atoms with Crippen LogP contribution in [0.3, 0.4) is 0 Å². The Morgan fingerprint density at radius 2 is 0.250 bits per heavy atom. The molecule has 0 amide bonds. The second kappa shape index (κ2) is 17.8. The minimum atomic E-state index is 0. The van der Waals surface area contributed by atoms with Crippen LogP contribution in [-0.2, 0) is 77.9 Å². The summed E-state index contributed by atoms with van der Waals surface area (Å²) < 4.78 is 0. The van der Waals surface area contributed by atoms with Crippen molar-refractivity contribution in [3.63, 3.8) is 0 Å². The molecule has 0 aliphatic rings. The average molecular weight is 262 g/mol. The summed E-state index contributed by atoms with van der Waals surface area (Å²) in [4.78, 5) is 0. The zero-order valence-electron chi connectivity index (χ0n) is 2.83. The zero-order chi connectivity index (χ0) is 0. The third kappa shape index (κ3) is 8.82. The van der Waals surface area contributed by atoms with Gasteiger partial charge in [0.15, 0.2) is 0 Å². The fourth-order valence-corrected chi connectivity index (χ4v) is 0. The van der Waals surface area contributed by atoms with Crippen molar-refractivity contribution in [3.05, 3.63) is 0 Å². The first-order valence-corrected chi connectivity index (χ1v) is 0. The van der Waals surface area contributed by atoms with Gasteiger partial charge in [0.2, 0.25) is 0 Å². The summed E-state index contributed by atoms with van der Waals surface area (Å²) in [6, 6.07) is 0. The van der Waals surface area contributed by atoms with Crippen LogP contribution in [0.15, 0.2) is 0 Å². The largest absolute Gasteiger partial charge is 0 e. The van der Waals surface area contributed by atoms with E-state index in [-0.39, 0.29) is 77.9 Å². The van der Waals surface area contributed by atoms with Crippen molar-refractivity contribution >= 4 is 0 Å². The molecule has 0 saturated heterocycles. The minimum Gasteiger partial charge on any atom is 0 e. The SMILES string of the molecule is [Zn].[Zn].[Zn].[Zn]. The van der Waals surface area contributed by atoms with E-state index in [0.29, 0.717) is 0 Å². The third-order valence-corrected chi connectivity index (χ3v) is 0. The molecule has 0 spiro atoms. The number of hydrogen-bond acceptors (Lipinski definition) is 0. The summed E-state index contributed by atoms with van der Waals surface area (Å²) in [5.74, 6) is 0. The molecule has 0 N–H and O–H groups in total. The molecular formula is Zn4. The summed E-state index contributed by atoms with van der Waals surface area (Å²) in [6.45, 7) is 0. The molecular weight excluding hydrogens is 262 g/mol. The maximum atomic E-state index is 0. The van der Waals surface area contributed by atoms with E-state index >= 15 is 0 Å². The topological polar surface area (TPSA) is 0 Å². The molecule has 0 heterocycles. The van der Waals surface area contributed by atoms with Crippen LogP contribution in [0.1, 0.15) is 0 Å². The van der Waals surface area contributed by atoms with E-state index in [2.05, 4.69) is 0 Å². The van der Waals surface area contributed by atoms with Crippen molar-refractivity contribution in [1.29, 1.82) is 0 Å². The first kappa shape index (κ1) is 31.5. The Kier molecular flexibility index (Phi) is 141. The van der Waals surface area contributed by atoms with E-state index in [1.807, 2.05) is 0 Å². The van der Waals surface area contributed by atoms with Gasteiger partial charge in [-0.25, -0.2) is 0 Å². The van der Waals surface area contributed by atoms with Crippen LogP contribution in [0, 0.1) is 0 Å². The van der Waals surface area contributed by atoms with Crippen molar-refractivity contribution in [1.82, 2.24) is 0 Å². The van der Waals surface area contributed by atoms with E-state index in [4.69, 9.17) is 0 Å². The van der Waals surface area contributed by atoms with Gasteiger partial charge in [-0.15, -0.1) is 0 Å². The zero-order valence-corrected chi connectivity index (χ0v) is 14.7. The van der Waals surface area contributed by atoms with Crippen LogP contribution in [0.4, 0.5) is 0 Å². The summed E-state index contributed by atoms with van der Waals surface area (Å²) >= 11 is 0. The second-order valence-corrected chi connectivity index (χ2v) is 0. The molecule has 0 nitrogen and oxygen atoms in total. The van der Waals surface area contributed by atoms with E-state index in [1.165, 1.54) is 0 Å². The molecule has 0 saturated carbocycles. The average Bonchev–Trinajstić information content (AvgIpc) is 0. The predicted octanol–water partition coefficient (Wildman–Crippen LogP) is -0.0100. The molecule has 0 bridgehead atoms. The van der Waals surface area contributed by atoms with Crippen molar-refractivity contribution in [3.8, 4) is 0 Å². The van der Waals surface area contributed by atoms with E-state index in [1.54, 1.807) is 0 Å². The van der Waals surface area contributed by atoms with Crippen LogP contribution >= 0.6 is 0 Å². The van der Waals surface area contributed by atoms with Gasteiger partial charge in [-0.2, -0.15) is 0 Å². The Balaban J connectivity index is 0. The summed E-state index contributed by atoms with van der Waals surface area (Å²) in [5.41, 5.74) is 0. The van der Waals surface area contributed by atoms with Gasteiger partial charge in [-0.05, 0) is 0 Å². The fourth-order valence-electron chi connectivity index (χ4n) is 0. The van der Waals surface area contributed by atoms with E-state index in [9.17, 15) is 0 Å². The Labute approximate surface area is 76.9 Å². The Morgan fingerprint density at radius 1 is 0.250 bits per heavy atom. The molecule has 0 atom stereocenters. The monoisotopic (exact) mass is 256 g/mol. The summed E-state index contributed by atoms with van der Waals surface area (Å²) in [5, 5.41) is 0. The Bertz CT molecular complexity index is 0. The van der Waals surface area contributed by atoms with Crippen LogP contribution in [-0.4, -0.2) is 0 Å². The molecule has 4 heavy (non-hydrogen) atoms. The van der Waals surface area contributed by atoms with Crippen LogP contribution < -0.4 is 0 Å². The first-order chi connectivity index (χ1) is 0. The fraction of sp³-hybridized carbons (Fsp3) is 0. The third-order valence-electron chi connectivity index (χ3n) is 0. The summed E-state index contributed by atoms with van der Waals surface area (Å²) in [7, 11) is 0. The molecule has 8 valence electrons. The Morgan fingerprint density at radius 3 is 0.250 bits per heavy atom. The minimum absolute atomic E-state index is 0. The molecule has 0 radical (unpaired) electrons. The van der Waals surface area contributed by atoms with Gasteiger partial charge in [-0.1, -0.05) is 0 Å². The van der Waals surface area contributed by atoms with E-state index in [0.717, 1.165) is 0 Å². The van der Waals surface area contributed by atoms with Gasteiger partial charge in [0.05, 0.1) is 0 Å². The molecule has 0 aromatic rings. The maximum absolute atomic E-state index is 0. The quantitative estimate of drug-likeness (QED) is 0.538. The van der Waals surface area contributed by atoms with E-state index < -0.39 is 0 Å². The summed E-state index contributed by atoms with van der Waals surface area (Å²) in [6.07, 6.45) is 0. The van der Waals surface area contributed by atoms with Gasteiger partial charge in [0, 0.05) is 77.9 Å². The van der Waals surface area contributed by atoms with Crippen LogP contribution in [0.2, 0.25) is 0 Å². The molecule has 0 aromatic heterocycles. The van der Waals surface area contributed by atoms with Crippen molar-refractivity contribution in [2.45, 2.75) is 0 Å². The molecule has 0 aliphatic carbocycles. The standard InChI is InChI=1S/4Zn. The number of rotatable bonds is 0.